The minimum atomic E-state index is -0.669. The monoisotopic (exact) mass is 518 g/mol. The molecule has 0 radical (unpaired) electrons. The molecular weight excluding hydrogens is 484 g/mol. The van der Waals surface area contributed by atoms with Crippen molar-refractivity contribution in [1.29, 1.82) is 0 Å². The molecule has 2 heterocycles. The smallest absolute Gasteiger partial charge is 0.408 e. The van der Waals surface area contributed by atoms with Gasteiger partial charge in [0.2, 0.25) is 11.8 Å². The molecule has 0 aromatic heterocycles. The average molecular weight is 519 g/mol. The van der Waals surface area contributed by atoms with Crippen LogP contribution >= 0.6 is 12.4 Å². The Bertz CT molecular complexity index is 1090. The number of halogens is 1. The summed E-state index contributed by atoms with van der Waals surface area (Å²) in [5.74, 6) is -0.376. The minimum Gasteiger partial charge on any atom is -0.444 e. The van der Waals surface area contributed by atoms with Gasteiger partial charge >= 0.3 is 6.09 Å². The number of likely N-dealkylation sites (N-methyl/N-ethyl adjacent to an activating group) is 2. The van der Waals surface area contributed by atoms with Crippen LogP contribution < -0.4 is 31.5 Å². The van der Waals surface area contributed by atoms with Crippen LogP contribution in [0.2, 0.25) is 0 Å². The molecule has 11 heteroatoms. The van der Waals surface area contributed by atoms with Crippen molar-refractivity contribution in [3.05, 3.63) is 48.5 Å². The summed E-state index contributed by atoms with van der Waals surface area (Å²) in [4.78, 5) is 39.4. The molecule has 0 saturated heterocycles. The van der Waals surface area contributed by atoms with Gasteiger partial charge in [0.25, 0.3) is 0 Å². The predicted octanol–water partition coefficient (Wildman–Crippen LogP) is 2.79. The van der Waals surface area contributed by atoms with E-state index in [-0.39, 0.29) is 24.2 Å². The summed E-state index contributed by atoms with van der Waals surface area (Å²) in [5, 5.41) is 8.23. The number of hydrogen-bond acceptors (Lipinski definition) is 7. The van der Waals surface area contributed by atoms with Crippen molar-refractivity contribution in [2.75, 3.05) is 47.6 Å². The van der Waals surface area contributed by atoms with Gasteiger partial charge in [0.15, 0.2) is 0 Å². The van der Waals surface area contributed by atoms with Crippen LogP contribution in [0.1, 0.15) is 20.8 Å². The highest BCUT2D eigenvalue weighted by Crippen LogP contribution is 2.28. The van der Waals surface area contributed by atoms with Crippen LogP contribution in [0.4, 0.5) is 27.5 Å². The molecule has 0 fully saturated rings. The first-order chi connectivity index (χ1) is 16.4. The highest BCUT2D eigenvalue weighted by atomic mass is 35.5. The fourth-order valence-corrected chi connectivity index (χ4v) is 3.76. The molecule has 5 N–H and O–H groups in total. The molecule has 0 unspecified atom stereocenters. The van der Waals surface area contributed by atoms with Crippen molar-refractivity contribution in [2.45, 2.75) is 38.5 Å². The van der Waals surface area contributed by atoms with E-state index in [0.717, 1.165) is 22.7 Å². The number of fused-ring (bicyclic) bond motifs is 2. The first-order valence-corrected chi connectivity index (χ1v) is 11.4. The number of carbonyl (C=O) groups is 3. The Labute approximate surface area is 217 Å². The van der Waals surface area contributed by atoms with Crippen LogP contribution in [0.25, 0.3) is 0 Å². The lowest BCUT2D eigenvalue weighted by Gasteiger charge is -2.24. The van der Waals surface area contributed by atoms with Gasteiger partial charge < -0.3 is 36.2 Å². The van der Waals surface area contributed by atoms with E-state index in [0.29, 0.717) is 13.1 Å². The number of nitrogens with two attached hydrogens (primary N) is 1. The number of amides is 3. The van der Waals surface area contributed by atoms with Crippen molar-refractivity contribution in [2.24, 2.45) is 5.73 Å². The van der Waals surface area contributed by atoms with Crippen LogP contribution in [0, 0.1) is 0 Å². The van der Waals surface area contributed by atoms with Gasteiger partial charge in [0.1, 0.15) is 17.7 Å². The van der Waals surface area contributed by atoms with E-state index >= 15 is 0 Å². The second kappa shape index (κ2) is 12.0. The van der Waals surface area contributed by atoms with E-state index in [1.165, 1.54) is 0 Å². The summed E-state index contributed by atoms with van der Waals surface area (Å²) in [6.07, 6.45) is -0.595. The van der Waals surface area contributed by atoms with Gasteiger partial charge in [-0.1, -0.05) is 24.3 Å². The Balaban J connectivity index is 0.000000265. The summed E-state index contributed by atoms with van der Waals surface area (Å²) < 4.78 is 5.19. The van der Waals surface area contributed by atoms with Crippen molar-refractivity contribution in [1.82, 2.24) is 5.32 Å². The van der Waals surface area contributed by atoms with Crippen LogP contribution in [0.15, 0.2) is 48.5 Å². The molecule has 3 amide bonds. The molecule has 0 spiro atoms. The second-order valence-corrected chi connectivity index (χ2v) is 9.58. The number of carbonyl (C=O) groups excluding carboxylic acids is 3. The molecule has 10 nitrogen and oxygen atoms in total. The maximum atomic E-state index is 12.2. The number of ether oxygens (including phenoxy) is 1. The van der Waals surface area contributed by atoms with Crippen LogP contribution in [0.5, 0.6) is 0 Å². The number of para-hydroxylation sites is 4. The third-order valence-electron chi connectivity index (χ3n) is 5.42. The summed E-state index contributed by atoms with van der Waals surface area (Å²) in [6.45, 7) is 6.26. The molecule has 2 aromatic rings. The third kappa shape index (κ3) is 7.50. The maximum absolute atomic E-state index is 12.2. The summed E-state index contributed by atoms with van der Waals surface area (Å²) >= 11 is 0. The highest BCUT2D eigenvalue weighted by molar-refractivity contribution is 6.01. The molecular formula is C25H35ClN6O4. The van der Waals surface area contributed by atoms with Gasteiger partial charge in [-0.2, -0.15) is 0 Å². The minimum absolute atomic E-state index is 0. The third-order valence-corrected chi connectivity index (χ3v) is 5.42. The Morgan fingerprint density at radius 3 is 1.92 bits per heavy atom. The number of rotatable bonds is 1. The van der Waals surface area contributed by atoms with Gasteiger partial charge in [-0.3, -0.25) is 9.59 Å². The number of hydrogen-bond donors (Lipinski definition) is 4. The van der Waals surface area contributed by atoms with Crippen molar-refractivity contribution in [3.63, 3.8) is 0 Å². The number of alkyl carbamates (subject to hydrolysis) is 1. The largest absolute Gasteiger partial charge is 0.444 e. The highest BCUT2D eigenvalue weighted by Gasteiger charge is 2.29. The fraction of sp³-hybridized carbons (Fsp3) is 0.400. The SMILES string of the molecule is CN1C[C@H](N)C(=O)Nc2ccccc21.CN1C[C@H](NC(=O)OC(C)(C)C)C(=O)Nc2ccccc21.Cl. The normalized spacial score (nSPS) is 18.9. The lowest BCUT2D eigenvalue weighted by atomic mass is 10.2. The Kier molecular flexibility index (Phi) is 9.55. The fourth-order valence-electron chi connectivity index (χ4n) is 3.76. The van der Waals surface area contributed by atoms with Crippen LogP contribution in [0.3, 0.4) is 0 Å². The number of anilines is 4. The maximum Gasteiger partial charge on any atom is 0.408 e. The van der Waals surface area contributed by atoms with Gasteiger partial charge in [-0.25, -0.2) is 4.79 Å². The molecule has 196 valence electrons. The molecule has 2 atom stereocenters. The van der Waals surface area contributed by atoms with E-state index in [4.69, 9.17) is 10.5 Å². The summed E-state index contributed by atoms with van der Waals surface area (Å²) in [7, 11) is 3.81. The standard InChI is InChI=1S/C15H21N3O3.C10H13N3O.ClH/c1-15(2,3)21-14(20)17-11-9-18(4)12-8-6-5-7-10(12)16-13(11)19;1-13-6-7(11)10(14)12-8-4-2-3-5-9(8)13;/h5-8,11H,9H2,1-4H3,(H,16,19)(H,17,20);2-5,7H,6,11H2,1H3,(H,12,14);1H/t11-;7-;/m00./s1. The first kappa shape index (κ1) is 28.7. The molecule has 0 saturated carbocycles. The van der Waals surface area contributed by atoms with Crippen molar-refractivity contribution in [3.8, 4) is 0 Å². The number of nitrogens with one attached hydrogen (secondary N) is 3. The zero-order valence-corrected chi connectivity index (χ0v) is 22.0. The van der Waals surface area contributed by atoms with E-state index in [1.54, 1.807) is 20.8 Å². The van der Waals surface area contributed by atoms with Crippen LogP contribution in [-0.4, -0.2) is 62.8 Å². The quantitative estimate of drug-likeness (QED) is 0.457. The van der Waals surface area contributed by atoms with E-state index in [2.05, 4.69) is 16.0 Å². The number of benzene rings is 2. The zero-order chi connectivity index (χ0) is 25.8. The Hall–Kier alpha value is -3.50. The van der Waals surface area contributed by atoms with E-state index in [1.807, 2.05) is 72.4 Å². The lowest BCUT2D eigenvalue weighted by Crippen LogP contribution is -2.49. The predicted molar refractivity (Wildman–Crippen MR) is 145 cm³/mol. The molecule has 0 aliphatic carbocycles. The lowest BCUT2D eigenvalue weighted by molar-refractivity contribution is -0.118. The summed E-state index contributed by atoms with van der Waals surface area (Å²) in [5.41, 5.74) is 8.58. The van der Waals surface area contributed by atoms with Gasteiger partial charge in [0.05, 0.1) is 22.7 Å². The van der Waals surface area contributed by atoms with Gasteiger partial charge in [0, 0.05) is 27.2 Å². The molecule has 36 heavy (non-hydrogen) atoms. The molecule has 2 aliphatic heterocycles. The zero-order valence-electron chi connectivity index (χ0n) is 21.2. The first-order valence-electron chi connectivity index (χ1n) is 11.4. The molecule has 0 bridgehead atoms. The molecule has 4 rings (SSSR count). The van der Waals surface area contributed by atoms with Gasteiger partial charge in [-0.05, 0) is 45.0 Å². The topological polar surface area (TPSA) is 129 Å². The molecule has 2 aromatic carbocycles. The number of nitrogens with zero attached hydrogens (tertiary/aromatic N) is 2. The molecule has 2 aliphatic rings. The summed E-state index contributed by atoms with van der Waals surface area (Å²) in [6, 6.07) is 14.1. The van der Waals surface area contributed by atoms with Gasteiger partial charge in [-0.15, -0.1) is 12.4 Å². The average Bonchev–Trinajstić information content (AvgIpc) is 2.96. The van der Waals surface area contributed by atoms with Crippen molar-refractivity contribution >= 4 is 53.1 Å². The Morgan fingerprint density at radius 2 is 1.39 bits per heavy atom. The Morgan fingerprint density at radius 1 is 0.917 bits per heavy atom. The van der Waals surface area contributed by atoms with Crippen LogP contribution in [-0.2, 0) is 14.3 Å². The second-order valence-electron chi connectivity index (χ2n) is 9.58. The van der Waals surface area contributed by atoms with E-state index < -0.39 is 23.8 Å². The van der Waals surface area contributed by atoms with E-state index in [9.17, 15) is 14.4 Å². The van der Waals surface area contributed by atoms with Crippen molar-refractivity contribution < 1.29 is 19.1 Å².